The minimum absolute atomic E-state index is 0.161. The summed E-state index contributed by atoms with van der Waals surface area (Å²) in [6, 6.07) is 6.00. The Morgan fingerprint density at radius 3 is 2.60 bits per heavy atom. The first-order valence-corrected chi connectivity index (χ1v) is 6.69. The van der Waals surface area contributed by atoms with E-state index in [9.17, 15) is 14.0 Å². The van der Waals surface area contributed by atoms with Gasteiger partial charge in [0.05, 0.1) is 6.04 Å². The highest BCUT2D eigenvalue weighted by molar-refractivity contribution is 5.93. The zero-order chi connectivity index (χ0) is 14.9. The van der Waals surface area contributed by atoms with Crippen molar-refractivity contribution in [1.29, 1.82) is 0 Å². The minimum Gasteiger partial charge on any atom is -0.342 e. The molecular formula is C15H19FN2O2. The predicted molar refractivity (Wildman–Crippen MR) is 73.4 cm³/mol. The number of hydrogen-bond acceptors (Lipinski definition) is 2. The summed E-state index contributed by atoms with van der Waals surface area (Å²) in [7, 11) is 0. The number of carbonyl (C=O) groups excluding carboxylic acids is 2. The number of hydrogen-bond donors (Lipinski definition) is 1. The topological polar surface area (TPSA) is 49.4 Å². The lowest BCUT2D eigenvalue weighted by Gasteiger charge is -2.33. The van der Waals surface area contributed by atoms with Crippen molar-refractivity contribution >= 4 is 11.8 Å². The molecule has 0 aromatic heterocycles. The highest BCUT2D eigenvalue weighted by Crippen LogP contribution is 2.26. The van der Waals surface area contributed by atoms with Crippen molar-refractivity contribution in [3.8, 4) is 0 Å². The second kappa shape index (κ2) is 5.23. The van der Waals surface area contributed by atoms with Crippen LogP contribution in [0.1, 0.15) is 38.8 Å². The molecule has 108 valence electrons. The molecule has 0 bridgehead atoms. The lowest BCUT2D eigenvalue weighted by Crippen LogP contribution is -2.53. The Morgan fingerprint density at radius 2 is 1.95 bits per heavy atom. The average molecular weight is 278 g/mol. The summed E-state index contributed by atoms with van der Waals surface area (Å²) in [6.45, 7) is 5.41. The molecule has 0 radical (unpaired) electrons. The second-order valence-electron chi connectivity index (χ2n) is 5.62. The van der Waals surface area contributed by atoms with Crippen LogP contribution in [0.15, 0.2) is 24.3 Å². The lowest BCUT2D eigenvalue weighted by atomic mass is 10.0. The van der Waals surface area contributed by atoms with Crippen LogP contribution in [0.25, 0.3) is 0 Å². The Labute approximate surface area is 118 Å². The van der Waals surface area contributed by atoms with Crippen LogP contribution in [-0.4, -0.2) is 28.8 Å². The molecule has 1 aromatic rings. The molecule has 1 aliphatic heterocycles. The number of nitrogens with one attached hydrogen (secondary N) is 1. The Hall–Kier alpha value is -1.91. The van der Waals surface area contributed by atoms with Gasteiger partial charge in [-0.05, 0) is 26.8 Å². The van der Waals surface area contributed by atoms with E-state index in [0.29, 0.717) is 12.1 Å². The fourth-order valence-corrected chi connectivity index (χ4v) is 2.50. The van der Waals surface area contributed by atoms with Crippen LogP contribution in [0, 0.1) is 5.82 Å². The van der Waals surface area contributed by atoms with Crippen molar-refractivity contribution in [1.82, 2.24) is 10.2 Å². The van der Waals surface area contributed by atoms with Crippen LogP contribution >= 0.6 is 0 Å². The fraction of sp³-hybridized carbons (Fsp3) is 0.467. The molecule has 2 rings (SSSR count). The van der Waals surface area contributed by atoms with Gasteiger partial charge in [0.1, 0.15) is 11.4 Å². The zero-order valence-electron chi connectivity index (χ0n) is 11.9. The number of benzene rings is 1. The van der Waals surface area contributed by atoms with Gasteiger partial charge >= 0.3 is 0 Å². The van der Waals surface area contributed by atoms with Crippen molar-refractivity contribution in [3.05, 3.63) is 35.6 Å². The molecule has 20 heavy (non-hydrogen) atoms. The van der Waals surface area contributed by atoms with E-state index in [-0.39, 0.29) is 24.1 Å². The molecular weight excluding hydrogens is 259 g/mol. The predicted octanol–water partition coefficient (Wildman–Crippen LogP) is 2.01. The second-order valence-corrected chi connectivity index (χ2v) is 5.62. The van der Waals surface area contributed by atoms with E-state index < -0.39 is 11.6 Å². The van der Waals surface area contributed by atoms with E-state index in [4.69, 9.17) is 0 Å². The van der Waals surface area contributed by atoms with Gasteiger partial charge in [-0.1, -0.05) is 18.2 Å². The van der Waals surface area contributed by atoms with Gasteiger partial charge in [0, 0.05) is 18.5 Å². The van der Waals surface area contributed by atoms with Gasteiger partial charge < -0.3 is 10.2 Å². The van der Waals surface area contributed by atoms with Gasteiger partial charge in [-0.25, -0.2) is 4.39 Å². The van der Waals surface area contributed by atoms with E-state index in [2.05, 4.69) is 5.32 Å². The van der Waals surface area contributed by atoms with Gasteiger partial charge in [-0.3, -0.25) is 9.59 Å². The monoisotopic (exact) mass is 278 g/mol. The van der Waals surface area contributed by atoms with Crippen LogP contribution in [-0.2, 0) is 9.59 Å². The summed E-state index contributed by atoms with van der Waals surface area (Å²) in [6.07, 6.45) is 0.230. The maximum Gasteiger partial charge on any atom is 0.248 e. The smallest absolute Gasteiger partial charge is 0.248 e. The molecule has 1 aliphatic rings. The molecule has 5 heteroatoms. The SMILES string of the molecule is CC(c1ccccc1F)N1CCC(=O)NC(C)(C)C1=O. The molecule has 1 saturated heterocycles. The molecule has 1 atom stereocenters. The normalized spacial score (nSPS) is 20.3. The first-order chi connectivity index (χ1) is 9.33. The van der Waals surface area contributed by atoms with E-state index in [1.165, 1.54) is 6.07 Å². The largest absolute Gasteiger partial charge is 0.342 e. The molecule has 2 amide bonds. The number of carbonyl (C=O) groups is 2. The van der Waals surface area contributed by atoms with Crippen LogP contribution in [0.4, 0.5) is 4.39 Å². The quantitative estimate of drug-likeness (QED) is 0.899. The van der Waals surface area contributed by atoms with Crippen molar-refractivity contribution in [2.75, 3.05) is 6.54 Å². The molecule has 4 nitrogen and oxygen atoms in total. The standard InChI is InChI=1S/C15H19FN2O2/c1-10(11-6-4-5-7-12(11)16)18-9-8-13(19)17-15(2,3)14(18)20/h4-7,10H,8-9H2,1-3H3,(H,17,19). The molecule has 0 spiro atoms. The van der Waals surface area contributed by atoms with Crippen molar-refractivity contribution in [2.24, 2.45) is 0 Å². The summed E-state index contributed by atoms with van der Waals surface area (Å²) in [5, 5.41) is 2.69. The molecule has 0 saturated carbocycles. The first kappa shape index (κ1) is 14.5. The summed E-state index contributed by atoms with van der Waals surface area (Å²) in [5.41, 5.74) is -0.501. The summed E-state index contributed by atoms with van der Waals surface area (Å²) >= 11 is 0. The maximum atomic E-state index is 13.9. The third-order valence-electron chi connectivity index (χ3n) is 3.65. The number of halogens is 1. The van der Waals surface area contributed by atoms with Crippen LogP contribution in [0.3, 0.4) is 0 Å². The average Bonchev–Trinajstić information content (AvgIpc) is 2.47. The summed E-state index contributed by atoms with van der Waals surface area (Å²) in [4.78, 5) is 25.7. The van der Waals surface area contributed by atoms with Gasteiger partial charge in [0.15, 0.2) is 0 Å². The van der Waals surface area contributed by atoms with Crippen molar-refractivity contribution < 1.29 is 14.0 Å². The first-order valence-electron chi connectivity index (χ1n) is 6.69. The van der Waals surface area contributed by atoms with Gasteiger partial charge in [-0.2, -0.15) is 0 Å². The molecule has 1 N–H and O–H groups in total. The Bertz CT molecular complexity index is 542. The Kier molecular flexibility index (Phi) is 3.79. The van der Waals surface area contributed by atoms with Crippen LogP contribution in [0.2, 0.25) is 0 Å². The lowest BCUT2D eigenvalue weighted by molar-refractivity contribution is -0.139. The van der Waals surface area contributed by atoms with E-state index in [1.54, 1.807) is 43.9 Å². The van der Waals surface area contributed by atoms with Crippen molar-refractivity contribution in [2.45, 2.75) is 38.8 Å². The summed E-state index contributed by atoms with van der Waals surface area (Å²) < 4.78 is 13.9. The van der Waals surface area contributed by atoms with Crippen LogP contribution < -0.4 is 5.32 Å². The van der Waals surface area contributed by atoms with E-state index in [1.807, 2.05) is 0 Å². The van der Waals surface area contributed by atoms with E-state index >= 15 is 0 Å². The molecule has 0 aliphatic carbocycles. The number of rotatable bonds is 2. The third kappa shape index (κ3) is 2.66. The van der Waals surface area contributed by atoms with Gasteiger partial charge in [-0.15, -0.1) is 0 Å². The third-order valence-corrected chi connectivity index (χ3v) is 3.65. The number of nitrogens with zero attached hydrogens (tertiary/aromatic N) is 1. The molecule has 1 heterocycles. The Morgan fingerprint density at radius 1 is 1.30 bits per heavy atom. The highest BCUT2D eigenvalue weighted by Gasteiger charge is 2.38. The minimum atomic E-state index is -0.965. The summed E-state index contributed by atoms with van der Waals surface area (Å²) in [5.74, 6) is -0.695. The van der Waals surface area contributed by atoms with Gasteiger partial charge in [0.2, 0.25) is 11.8 Å². The molecule has 1 unspecified atom stereocenters. The number of amides is 2. The zero-order valence-corrected chi connectivity index (χ0v) is 11.9. The molecule has 1 aromatic carbocycles. The van der Waals surface area contributed by atoms with Gasteiger partial charge in [0.25, 0.3) is 0 Å². The highest BCUT2D eigenvalue weighted by atomic mass is 19.1. The maximum absolute atomic E-state index is 13.9. The van der Waals surface area contributed by atoms with Crippen LogP contribution in [0.5, 0.6) is 0 Å². The van der Waals surface area contributed by atoms with E-state index in [0.717, 1.165) is 0 Å². The fourth-order valence-electron chi connectivity index (χ4n) is 2.50. The molecule has 1 fully saturated rings. The van der Waals surface area contributed by atoms with Crippen molar-refractivity contribution in [3.63, 3.8) is 0 Å². The Balaban J connectivity index is 2.33.